The summed E-state index contributed by atoms with van der Waals surface area (Å²) in [4.78, 5) is 8.55. The molecule has 0 amide bonds. The molecule has 24 heavy (non-hydrogen) atoms. The lowest BCUT2D eigenvalue weighted by molar-refractivity contribution is -0.169. The highest BCUT2D eigenvalue weighted by molar-refractivity contribution is 6.33. The Morgan fingerprint density at radius 2 is 2.00 bits per heavy atom. The third-order valence-corrected chi connectivity index (χ3v) is 6.25. The zero-order chi connectivity index (χ0) is 17.1. The number of halogens is 1. The molecule has 0 aromatic carbocycles. The van der Waals surface area contributed by atoms with Crippen LogP contribution in [0.15, 0.2) is 18.6 Å². The van der Waals surface area contributed by atoms with E-state index in [1.807, 2.05) is 19.9 Å². The maximum atomic E-state index is 6.34. The quantitative estimate of drug-likeness (QED) is 0.773. The first-order valence-corrected chi connectivity index (χ1v) is 9.11. The Morgan fingerprint density at radius 1 is 1.25 bits per heavy atom. The van der Waals surface area contributed by atoms with Crippen LogP contribution in [0, 0.1) is 5.41 Å². The first-order valence-electron chi connectivity index (χ1n) is 8.73. The summed E-state index contributed by atoms with van der Waals surface area (Å²) in [6, 6.07) is 2.19. The van der Waals surface area contributed by atoms with E-state index in [1.54, 1.807) is 0 Å². The van der Waals surface area contributed by atoms with E-state index in [0.29, 0.717) is 5.15 Å². The smallest absolute Gasteiger partial charge is 0.163 e. The van der Waals surface area contributed by atoms with E-state index in [0.717, 1.165) is 30.3 Å². The molecule has 0 N–H and O–H groups in total. The van der Waals surface area contributed by atoms with Crippen LogP contribution in [0.25, 0.3) is 11.0 Å². The van der Waals surface area contributed by atoms with Crippen LogP contribution in [-0.4, -0.2) is 32.5 Å². The van der Waals surface area contributed by atoms with E-state index >= 15 is 0 Å². The van der Waals surface area contributed by atoms with Gasteiger partial charge in [-0.25, -0.2) is 9.97 Å². The van der Waals surface area contributed by atoms with Crippen LogP contribution in [0.4, 0.5) is 0 Å². The number of nitrogens with zero attached hydrogens (tertiary/aromatic N) is 3. The van der Waals surface area contributed by atoms with Crippen LogP contribution in [0.2, 0.25) is 5.15 Å². The van der Waals surface area contributed by atoms with Crippen LogP contribution in [0.1, 0.15) is 53.0 Å². The van der Waals surface area contributed by atoms with Crippen LogP contribution >= 0.6 is 11.6 Å². The van der Waals surface area contributed by atoms with Crippen molar-refractivity contribution in [3.63, 3.8) is 0 Å². The van der Waals surface area contributed by atoms with Crippen molar-refractivity contribution < 1.29 is 9.47 Å². The molecule has 2 aromatic rings. The Hall–Kier alpha value is -1.17. The molecular weight excluding hydrogens is 326 g/mol. The second kappa shape index (κ2) is 5.41. The number of fused-ring (bicyclic) bond motifs is 2. The summed E-state index contributed by atoms with van der Waals surface area (Å²) >= 11 is 6.22. The molecule has 0 bridgehead atoms. The second-order valence-electron chi connectivity index (χ2n) is 7.49. The van der Waals surface area contributed by atoms with Gasteiger partial charge in [0, 0.05) is 11.6 Å². The third kappa shape index (κ3) is 2.21. The molecule has 0 radical (unpaired) electrons. The van der Waals surface area contributed by atoms with Crippen molar-refractivity contribution in [1.29, 1.82) is 0 Å². The van der Waals surface area contributed by atoms with Crippen molar-refractivity contribution in [2.45, 2.75) is 71.0 Å². The molecule has 4 rings (SSSR count). The van der Waals surface area contributed by atoms with Gasteiger partial charge in [0.2, 0.25) is 0 Å². The van der Waals surface area contributed by atoms with Gasteiger partial charge in [-0.05, 0) is 39.2 Å². The molecule has 1 saturated heterocycles. The lowest BCUT2D eigenvalue weighted by atomic mass is 9.78. The number of hydrogen-bond acceptors (Lipinski definition) is 4. The van der Waals surface area contributed by atoms with Crippen LogP contribution in [-0.2, 0) is 9.47 Å². The number of aromatic nitrogens is 3. The zero-order valence-corrected chi connectivity index (χ0v) is 15.4. The zero-order valence-electron chi connectivity index (χ0n) is 14.6. The Balaban J connectivity index is 1.81. The molecular formula is C18H24ClN3O2. The predicted molar refractivity (Wildman–Crippen MR) is 93.0 cm³/mol. The van der Waals surface area contributed by atoms with E-state index in [2.05, 4.69) is 34.6 Å². The van der Waals surface area contributed by atoms with E-state index in [4.69, 9.17) is 21.1 Å². The van der Waals surface area contributed by atoms with Crippen LogP contribution in [0.5, 0.6) is 0 Å². The Bertz CT molecular complexity index is 769. The van der Waals surface area contributed by atoms with Gasteiger partial charge in [-0.15, -0.1) is 0 Å². The lowest BCUT2D eigenvalue weighted by Crippen LogP contribution is -2.34. The third-order valence-electron chi connectivity index (χ3n) is 5.95. The molecule has 0 unspecified atom stereocenters. The number of hydrogen-bond donors (Lipinski definition) is 0. The van der Waals surface area contributed by atoms with Crippen molar-refractivity contribution in [1.82, 2.24) is 14.5 Å². The minimum atomic E-state index is -0.542. The van der Waals surface area contributed by atoms with E-state index in [-0.39, 0.29) is 23.7 Å². The van der Waals surface area contributed by atoms with Crippen LogP contribution in [0.3, 0.4) is 0 Å². The predicted octanol–water partition coefficient (Wildman–Crippen LogP) is 4.36. The van der Waals surface area contributed by atoms with Crippen molar-refractivity contribution in [3.05, 3.63) is 23.7 Å². The molecule has 3 heterocycles. The highest BCUT2D eigenvalue weighted by atomic mass is 35.5. The first-order chi connectivity index (χ1) is 11.4. The average Bonchev–Trinajstić information content (AvgIpc) is 3.18. The summed E-state index contributed by atoms with van der Waals surface area (Å²) in [5, 5.41) is 1.38. The fraction of sp³-hybridized carbons (Fsp3) is 0.667. The summed E-state index contributed by atoms with van der Waals surface area (Å²) in [6.07, 6.45) is 6.91. The van der Waals surface area contributed by atoms with Crippen molar-refractivity contribution in [2.75, 3.05) is 0 Å². The lowest BCUT2D eigenvalue weighted by Gasteiger charge is -2.33. The molecule has 2 aromatic heterocycles. The van der Waals surface area contributed by atoms with Gasteiger partial charge >= 0.3 is 0 Å². The van der Waals surface area contributed by atoms with Crippen LogP contribution < -0.4 is 0 Å². The maximum absolute atomic E-state index is 6.34. The van der Waals surface area contributed by atoms with Gasteiger partial charge in [0.15, 0.2) is 5.79 Å². The molecule has 1 saturated carbocycles. The first kappa shape index (κ1) is 16.3. The van der Waals surface area contributed by atoms with Crippen molar-refractivity contribution in [3.8, 4) is 0 Å². The molecule has 5 nitrogen and oxygen atoms in total. The van der Waals surface area contributed by atoms with Gasteiger partial charge in [-0.3, -0.25) is 0 Å². The van der Waals surface area contributed by atoms with E-state index in [9.17, 15) is 0 Å². The molecule has 0 spiro atoms. The fourth-order valence-corrected chi connectivity index (χ4v) is 4.79. The van der Waals surface area contributed by atoms with E-state index < -0.39 is 5.79 Å². The fourth-order valence-electron chi connectivity index (χ4n) is 4.60. The monoisotopic (exact) mass is 349 g/mol. The molecule has 2 fully saturated rings. The van der Waals surface area contributed by atoms with Gasteiger partial charge < -0.3 is 14.0 Å². The largest absolute Gasteiger partial charge is 0.344 e. The minimum absolute atomic E-state index is 0.0317. The van der Waals surface area contributed by atoms with Gasteiger partial charge in [-0.2, -0.15) is 0 Å². The molecule has 130 valence electrons. The van der Waals surface area contributed by atoms with E-state index in [1.165, 1.54) is 6.33 Å². The molecule has 1 aliphatic carbocycles. The summed E-state index contributed by atoms with van der Waals surface area (Å²) in [5.74, 6) is -0.542. The average molecular weight is 350 g/mol. The highest BCUT2D eigenvalue weighted by Crippen LogP contribution is 2.56. The maximum Gasteiger partial charge on any atom is 0.163 e. The van der Waals surface area contributed by atoms with Gasteiger partial charge in [0.1, 0.15) is 23.2 Å². The summed E-state index contributed by atoms with van der Waals surface area (Å²) in [6.45, 7) is 8.52. The van der Waals surface area contributed by atoms with Gasteiger partial charge in [0.25, 0.3) is 0 Å². The summed E-state index contributed by atoms with van der Waals surface area (Å²) in [5.41, 5.74) is 1.01. The Kier molecular flexibility index (Phi) is 3.68. The normalized spacial score (nSPS) is 30.8. The van der Waals surface area contributed by atoms with Crippen molar-refractivity contribution >= 4 is 22.6 Å². The standard InChI is InChI=1S/C18H24ClN3O2/c1-5-18(6-2)9-12(13-14(18)24-17(3,4)23-13)22-8-7-11-15(19)20-10-21-16(11)22/h7-8,10,12-14H,5-6,9H2,1-4H3/t12-,13+,14+/m1/s1. The Labute approximate surface area is 147 Å². The SMILES string of the molecule is CCC1(CC)C[C@@H](n2ccc3c(Cl)ncnc32)[C@@H]2OC(C)(C)O[C@@H]21. The summed E-state index contributed by atoms with van der Waals surface area (Å²) in [7, 11) is 0. The van der Waals surface area contributed by atoms with Gasteiger partial charge in [-0.1, -0.05) is 25.4 Å². The molecule has 3 atom stereocenters. The van der Waals surface area contributed by atoms with Gasteiger partial charge in [0.05, 0.1) is 17.5 Å². The number of ether oxygens (including phenoxy) is 2. The molecule has 2 aliphatic rings. The highest BCUT2D eigenvalue weighted by Gasteiger charge is 2.60. The second-order valence-corrected chi connectivity index (χ2v) is 7.84. The topological polar surface area (TPSA) is 49.2 Å². The van der Waals surface area contributed by atoms with Crippen molar-refractivity contribution in [2.24, 2.45) is 5.41 Å². The summed E-state index contributed by atoms with van der Waals surface area (Å²) < 4.78 is 14.9. The minimum Gasteiger partial charge on any atom is -0.344 e. The number of rotatable bonds is 3. The molecule has 6 heteroatoms. The Morgan fingerprint density at radius 3 is 2.71 bits per heavy atom. The molecule has 1 aliphatic heterocycles.